The maximum absolute atomic E-state index is 13.1. The van der Waals surface area contributed by atoms with Crippen molar-refractivity contribution in [2.75, 3.05) is 6.54 Å². The number of rotatable bonds is 2. The van der Waals surface area contributed by atoms with Crippen LogP contribution in [0.2, 0.25) is 0 Å². The first-order valence-electron chi connectivity index (χ1n) is 5.09. The van der Waals surface area contributed by atoms with Crippen molar-refractivity contribution >= 4 is 11.7 Å². The number of carbonyl (C=O) groups excluding carboxylic acids is 2. The molecular weight excluding hydrogens is 204 g/mol. The molecule has 3 nitrogen and oxygen atoms in total. The topological polar surface area (TPSA) is 37.4 Å². The lowest BCUT2D eigenvalue weighted by Crippen LogP contribution is -2.44. The Hall–Kier alpha value is -1.00. The van der Waals surface area contributed by atoms with Gasteiger partial charge in [0.15, 0.2) is 5.78 Å². The fourth-order valence-electron chi connectivity index (χ4n) is 2.53. The van der Waals surface area contributed by atoms with Crippen LogP contribution in [0, 0.1) is 11.8 Å². The Morgan fingerprint density at radius 3 is 2.53 bits per heavy atom. The zero-order valence-electron chi connectivity index (χ0n) is 8.67. The Kier molecular flexibility index (Phi) is 2.10. The lowest BCUT2D eigenvalue weighted by Gasteiger charge is -2.26. The molecule has 5 heteroatoms. The highest BCUT2D eigenvalue weighted by molar-refractivity contribution is 5.89. The maximum Gasteiger partial charge on any atom is 0.258 e. The highest BCUT2D eigenvalue weighted by Gasteiger charge is 2.76. The fourth-order valence-corrected chi connectivity index (χ4v) is 2.53. The van der Waals surface area contributed by atoms with Crippen LogP contribution in [0.5, 0.6) is 0 Å². The molecule has 0 aromatic carbocycles. The lowest BCUT2D eigenvalue weighted by molar-refractivity contribution is -0.140. The van der Waals surface area contributed by atoms with Gasteiger partial charge in [0.25, 0.3) is 5.92 Å². The molecule has 1 saturated heterocycles. The predicted molar refractivity (Wildman–Crippen MR) is 48.4 cm³/mol. The molecule has 1 unspecified atom stereocenters. The van der Waals surface area contributed by atoms with Crippen molar-refractivity contribution in [2.45, 2.75) is 32.2 Å². The molecule has 1 amide bonds. The summed E-state index contributed by atoms with van der Waals surface area (Å²) in [6.45, 7) is 2.98. The van der Waals surface area contributed by atoms with Gasteiger partial charge in [-0.3, -0.25) is 9.59 Å². The van der Waals surface area contributed by atoms with Crippen LogP contribution < -0.4 is 0 Å². The first-order valence-corrected chi connectivity index (χ1v) is 5.09. The SMILES string of the molecule is CCC(=O)N1C[C@H]2[C@@H](C1C(C)=O)C2(F)F. The van der Waals surface area contributed by atoms with Crippen LogP contribution in [0.3, 0.4) is 0 Å². The van der Waals surface area contributed by atoms with Crippen LogP contribution >= 0.6 is 0 Å². The van der Waals surface area contributed by atoms with E-state index in [9.17, 15) is 18.4 Å². The van der Waals surface area contributed by atoms with Crippen molar-refractivity contribution in [3.05, 3.63) is 0 Å². The minimum Gasteiger partial charge on any atom is -0.332 e. The third-order valence-electron chi connectivity index (χ3n) is 3.37. The number of amides is 1. The Morgan fingerprint density at radius 1 is 1.47 bits per heavy atom. The summed E-state index contributed by atoms with van der Waals surface area (Å²) in [6, 6.07) is -0.891. The minimum atomic E-state index is -2.74. The molecule has 0 aromatic heterocycles. The first kappa shape index (κ1) is 10.5. The van der Waals surface area contributed by atoms with Gasteiger partial charge in [0.05, 0.1) is 17.9 Å². The lowest BCUT2D eigenvalue weighted by atomic mass is 10.1. The molecule has 0 N–H and O–H groups in total. The third kappa shape index (κ3) is 1.28. The Labute approximate surface area is 86.4 Å². The van der Waals surface area contributed by atoms with Crippen molar-refractivity contribution in [3.63, 3.8) is 0 Å². The number of hydrogen-bond donors (Lipinski definition) is 0. The number of halogens is 2. The summed E-state index contributed by atoms with van der Waals surface area (Å²) >= 11 is 0. The Bertz CT molecular complexity index is 329. The van der Waals surface area contributed by atoms with Crippen molar-refractivity contribution in [1.29, 1.82) is 0 Å². The van der Waals surface area contributed by atoms with Gasteiger partial charge in [0.1, 0.15) is 0 Å². The van der Waals surface area contributed by atoms with E-state index >= 15 is 0 Å². The number of alkyl halides is 2. The number of ketones is 1. The van der Waals surface area contributed by atoms with Gasteiger partial charge in [0, 0.05) is 13.0 Å². The van der Waals surface area contributed by atoms with E-state index in [1.54, 1.807) is 6.92 Å². The van der Waals surface area contributed by atoms with Crippen LogP contribution in [0.25, 0.3) is 0 Å². The summed E-state index contributed by atoms with van der Waals surface area (Å²) < 4.78 is 26.2. The summed E-state index contributed by atoms with van der Waals surface area (Å²) in [5.74, 6) is -4.99. The third-order valence-corrected chi connectivity index (χ3v) is 3.37. The molecular formula is C10H13F2NO2. The van der Waals surface area contributed by atoms with Crippen molar-refractivity contribution in [2.24, 2.45) is 11.8 Å². The van der Waals surface area contributed by atoms with E-state index in [1.807, 2.05) is 0 Å². The number of carbonyl (C=O) groups is 2. The Morgan fingerprint density at radius 2 is 2.07 bits per heavy atom. The summed E-state index contributed by atoms with van der Waals surface area (Å²) in [5.41, 5.74) is 0. The van der Waals surface area contributed by atoms with E-state index in [0.717, 1.165) is 0 Å². The van der Waals surface area contributed by atoms with E-state index in [2.05, 4.69) is 0 Å². The molecule has 1 aliphatic heterocycles. The summed E-state index contributed by atoms with van der Waals surface area (Å²) in [6.07, 6.45) is 0.259. The minimum absolute atomic E-state index is 0.0363. The molecule has 1 saturated carbocycles. The van der Waals surface area contributed by atoms with Crippen LogP contribution in [0.4, 0.5) is 8.78 Å². The van der Waals surface area contributed by atoms with Gasteiger partial charge >= 0.3 is 0 Å². The van der Waals surface area contributed by atoms with Crippen LogP contribution in [0.1, 0.15) is 20.3 Å². The molecule has 1 heterocycles. The van der Waals surface area contributed by atoms with E-state index in [1.165, 1.54) is 11.8 Å². The summed E-state index contributed by atoms with van der Waals surface area (Å²) in [5, 5.41) is 0. The molecule has 2 aliphatic rings. The second-order valence-electron chi connectivity index (χ2n) is 4.26. The highest BCUT2D eigenvalue weighted by Crippen LogP contribution is 2.62. The molecule has 84 valence electrons. The first-order chi connectivity index (χ1) is 6.91. The summed E-state index contributed by atoms with van der Waals surface area (Å²) in [7, 11) is 0. The number of hydrogen-bond acceptors (Lipinski definition) is 2. The van der Waals surface area contributed by atoms with Gasteiger partial charge in [0.2, 0.25) is 5.91 Å². The summed E-state index contributed by atoms with van der Waals surface area (Å²) in [4.78, 5) is 24.0. The number of nitrogens with zero attached hydrogens (tertiary/aromatic N) is 1. The molecule has 0 aromatic rings. The smallest absolute Gasteiger partial charge is 0.258 e. The van der Waals surface area contributed by atoms with Gasteiger partial charge < -0.3 is 4.90 Å². The van der Waals surface area contributed by atoms with Gasteiger partial charge in [-0.15, -0.1) is 0 Å². The fraction of sp³-hybridized carbons (Fsp3) is 0.800. The largest absolute Gasteiger partial charge is 0.332 e. The molecule has 1 aliphatic carbocycles. The average molecular weight is 217 g/mol. The van der Waals surface area contributed by atoms with Crippen LogP contribution in [-0.4, -0.2) is 35.1 Å². The highest BCUT2D eigenvalue weighted by atomic mass is 19.3. The molecule has 0 spiro atoms. The van der Waals surface area contributed by atoms with Crippen LogP contribution in [0.15, 0.2) is 0 Å². The van der Waals surface area contributed by atoms with E-state index < -0.39 is 23.8 Å². The number of fused-ring (bicyclic) bond motifs is 1. The second-order valence-corrected chi connectivity index (χ2v) is 4.26. The van der Waals surface area contributed by atoms with Gasteiger partial charge in [-0.2, -0.15) is 0 Å². The van der Waals surface area contributed by atoms with E-state index in [4.69, 9.17) is 0 Å². The predicted octanol–water partition coefficient (Wildman–Crippen LogP) is 1.08. The van der Waals surface area contributed by atoms with E-state index in [-0.39, 0.29) is 24.7 Å². The number of Topliss-reactive ketones (excluding diaryl/α,β-unsaturated/α-hetero) is 1. The van der Waals surface area contributed by atoms with Gasteiger partial charge in [-0.25, -0.2) is 8.78 Å². The monoisotopic (exact) mass is 217 g/mol. The molecule has 2 rings (SSSR count). The van der Waals surface area contributed by atoms with E-state index in [0.29, 0.717) is 0 Å². The molecule has 3 atom stereocenters. The van der Waals surface area contributed by atoms with Crippen LogP contribution in [-0.2, 0) is 9.59 Å². The second kappa shape index (κ2) is 3.00. The van der Waals surface area contributed by atoms with Crippen molar-refractivity contribution < 1.29 is 18.4 Å². The Balaban J connectivity index is 2.19. The molecule has 2 fully saturated rings. The van der Waals surface area contributed by atoms with Gasteiger partial charge in [-0.1, -0.05) is 6.92 Å². The normalized spacial score (nSPS) is 36.3. The van der Waals surface area contributed by atoms with Crippen molar-refractivity contribution in [1.82, 2.24) is 4.90 Å². The number of piperidine rings is 1. The van der Waals surface area contributed by atoms with Gasteiger partial charge in [-0.05, 0) is 6.92 Å². The molecule has 0 bridgehead atoms. The average Bonchev–Trinajstić information content (AvgIpc) is 2.60. The molecule has 15 heavy (non-hydrogen) atoms. The zero-order valence-corrected chi connectivity index (χ0v) is 8.67. The molecule has 0 radical (unpaired) electrons. The zero-order chi connectivity index (χ0) is 11.4. The van der Waals surface area contributed by atoms with Crippen molar-refractivity contribution in [3.8, 4) is 0 Å². The standard InChI is InChI=1S/C10H13F2NO2/c1-3-7(15)13-4-6-8(10(6,11)12)9(13)5(2)14/h6,8-9H,3-4H2,1-2H3/t6-,8-,9?/m0/s1. The quantitative estimate of drug-likeness (QED) is 0.694. The number of likely N-dealkylation sites (tertiary alicyclic amines) is 1. The maximum atomic E-state index is 13.1.